The Labute approximate surface area is 207 Å². The normalized spacial score (nSPS) is 13.4. The molecule has 0 unspecified atom stereocenters. The number of aromatic nitrogens is 2. The number of hydrogen-bond acceptors (Lipinski definition) is 4. The van der Waals surface area contributed by atoms with E-state index < -0.39 is 12.0 Å². The summed E-state index contributed by atoms with van der Waals surface area (Å²) in [6, 6.07) is 13.9. The highest BCUT2D eigenvalue weighted by Crippen LogP contribution is 2.40. The number of aliphatic hydroxyl groups is 1. The van der Waals surface area contributed by atoms with E-state index in [0.29, 0.717) is 24.8 Å². The number of pyridine rings is 1. The third kappa shape index (κ3) is 4.99. The van der Waals surface area contributed by atoms with E-state index in [1.165, 1.54) is 12.1 Å². The Hall–Kier alpha value is -3.65. The van der Waals surface area contributed by atoms with Crippen molar-refractivity contribution in [3.63, 3.8) is 0 Å². The number of fused-ring (bicyclic) bond motifs is 3. The Morgan fingerprint density at radius 2 is 1.81 bits per heavy atom. The molecule has 7 nitrogen and oxygen atoms in total. The van der Waals surface area contributed by atoms with E-state index in [1.807, 2.05) is 45.0 Å². The summed E-state index contributed by atoms with van der Waals surface area (Å²) in [5, 5.41) is 14.3. The maximum Gasteiger partial charge on any atom is 0.288 e. The molecule has 4 rings (SSSR count). The Morgan fingerprint density at radius 3 is 2.47 bits per heavy atom. The number of H-pyrrole nitrogens is 1. The highest BCUT2D eigenvalue weighted by molar-refractivity contribution is 6.13. The van der Waals surface area contributed by atoms with Gasteiger partial charge in [0.15, 0.2) is 0 Å². The van der Waals surface area contributed by atoms with Crippen LogP contribution in [-0.4, -0.2) is 26.7 Å². The van der Waals surface area contributed by atoms with E-state index in [9.17, 15) is 24.0 Å². The summed E-state index contributed by atoms with van der Waals surface area (Å²) in [6.45, 7) is 6.03. The van der Waals surface area contributed by atoms with E-state index in [1.54, 1.807) is 12.1 Å². The van der Waals surface area contributed by atoms with Crippen LogP contribution in [0.3, 0.4) is 0 Å². The average Bonchev–Trinajstić information content (AvgIpc) is 3.19. The average molecular weight is 492 g/mol. The lowest BCUT2D eigenvalue weighted by Crippen LogP contribution is -2.17. The van der Waals surface area contributed by atoms with E-state index in [0.717, 1.165) is 33.1 Å². The van der Waals surface area contributed by atoms with Gasteiger partial charge >= 0.3 is 0 Å². The van der Waals surface area contributed by atoms with Gasteiger partial charge in [0.05, 0.1) is 12.5 Å². The highest BCUT2D eigenvalue weighted by Gasteiger charge is 2.25. The highest BCUT2D eigenvalue weighted by atomic mass is 19.1. The summed E-state index contributed by atoms with van der Waals surface area (Å²) in [5.41, 5.74) is 3.80. The van der Waals surface area contributed by atoms with Crippen LogP contribution in [0.4, 0.5) is 4.39 Å². The molecule has 2 N–H and O–H groups in total. The number of halogens is 1. The zero-order valence-electron chi connectivity index (χ0n) is 20.6. The van der Waals surface area contributed by atoms with Crippen LogP contribution in [0.5, 0.6) is 0 Å². The molecule has 0 aliphatic heterocycles. The fourth-order valence-corrected chi connectivity index (χ4v) is 5.15. The fraction of sp³-hybridized carbons (Fsp3) is 0.357. The molecule has 0 aliphatic carbocycles. The van der Waals surface area contributed by atoms with Crippen molar-refractivity contribution < 1.29 is 14.3 Å². The monoisotopic (exact) mass is 491 g/mol. The van der Waals surface area contributed by atoms with Crippen molar-refractivity contribution in [3.05, 3.63) is 75.3 Å². The molecule has 2 heterocycles. The SMILES string of the molecule is CC(C)n1c(CC[C@@H](C)C[C@@H](O)CC(=O)N=O)c(-c2ccc(F)cc2)c2c3ccccc3[nH]c(=O)c21. The van der Waals surface area contributed by atoms with Crippen LogP contribution in [0.15, 0.2) is 58.5 Å². The number of para-hydroxylation sites is 1. The molecule has 0 bridgehead atoms. The number of nitrogens with one attached hydrogen (secondary N) is 1. The van der Waals surface area contributed by atoms with Crippen molar-refractivity contribution in [2.75, 3.05) is 0 Å². The van der Waals surface area contributed by atoms with Gasteiger partial charge in [-0.05, 0) is 62.8 Å². The summed E-state index contributed by atoms with van der Waals surface area (Å²) < 4.78 is 15.9. The van der Waals surface area contributed by atoms with Crippen molar-refractivity contribution in [2.45, 2.75) is 58.6 Å². The quantitative estimate of drug-likeness (QED) is 0.286. The molecule has 4 aromatic rings. The van der Waals surface area contributed by atoms with Gasteiger partial charge in [-0.2, -0.15) is 0 Å². The molecular formula is C28H30FN3O4. The molecule has 0 saturated heterocycles. The number of benzene rings is 2. The van der Waals surface area contributed by atoms with Crippen molar-refractivity contribution in [3.8, 4) is 11.1 Å². The lowest BCUT2D eigenvalue weighted by Gasteiger charge is -2.19. The van der Waals surface area contributed by atoms with E-state index in [2.05, 4.69) is 14.7 Å². The first kappa shape index (κ1) is 25.4. The molecule has 0 spiro atoms. The number of nitroso groups, excluding NO2 is 1. The van der Waals surface area contributed by atoms with Gasteiger partial charge < -0.3 is 14.7 Å². The third-order valence-corrected chi connectivity index (χ3v) is 6.68. The standard InChI is InChI=1S/C28H30FN3O4/c1-16(2)32-23(13-8-17(3)14-20(33)15-24(34)31-36)25(18-9-11-19(29)12-10-18)26-21-6-4-5-7-22(21)30-28(35)27(26)32/h4-7,9-12,16-17,20,33H,8,13-15H2,1-3H3,(H,30,35)/t17-,20-/m1/s1. The fourth-order valence-electron chi connectivity index (χ4n) is 5.15. The minimum atomic E-state index is -0.940. The maximum absolute atomic E-state index is 13.8. The maximum atomic E-state index is 13.8. The number of hydrogen-bond donors (Lipinski definition) is 2. The number of aromatic amines is 1. The smallest absolute Gasteiger partial charge is 0.288 e. The zero-order chi connectivity index (χ0) is 26.0. The number of aliphatic hydroxyl groups excluding tert-OH is 1. The van der Waals surface area contributed by atoms with Crippen LogP contribution in [0.1, 0.15) is 51.8 Å². The van der Waals surface area contributed by atoms with Gasteiger partial charge in [0, 0.05) is 38.8 Å². The summed E-state index contributed by atoms with van der Waals surface area (Å²) in [4.78, 5) is 38.0. The first-order chi connectivity index (χ1) is 17.2. The van der Waals surface area contributed by atoms with Gasteiger partial charge in [0.2, 0.25) is 0 Å². The predicted octanol–water partition coefficient (Wildman–Crippen LogP) is 5.87. The van der Waals surface area contributed by atoms with Crippen molar-refractivity contribution in [1.29, 1.82) is 0 Å². The largest absolute Gasteiger partial charge is 0.393 e. The molecule has 2 atom stereocenters. The molecule has 2 aromatic heterocycles. The van der Waals surface area contributed by atoms with Gasteiger partial charge in [-0.3, -0.25) is 9.59 Å². The second-order valence-electron chi connectivity index (χ2n) is 9.74. The Kier molecular flexibility index (Phi) is 7.45. The van der Waals surface area contributed by atoms with Gasteiger partial charge in [0.25, 0.3) is 11.5 Å². The van der Waals surface area contributed by atoms with E-state index in [4.69, 9.17) is 0 Å². The van der Waals surface area contributed by atoms with Gasteiger partial charge in [-0.1, -0.05) is 37.3 Å². The number of carbonyl (C=O) groups is 1. The molecule has 0 saturated carbocycles. The topological polar surface area (TPSA) is 105 Å². The molecule has 36 heavy (non-hydrogen) atoms. The lowest BCUT2D eigenvalue weighted by molar-refractivity contribution is -0.119. The zero-order valence-corrected chi connectivity index (χ0v) is 20.6. The Bertz CT molecular complexity index is 1470. The summed E-state index contributed by atoms with van der Waals surface area (Å²) in [6.07, 6.45) is 0.388. The van der Waals surface area contributed by atoms with Crippen LogP contribution in [0.25, 0.3) is 32.9 Å². The van der Waals surface area contributed by atoms with Crippen LogP contribution in [0.2, 0.25) is 0 Å². The Balaban J connectivity index is 1.86. The molecule has 0 radical (unpaired) electrons. The Morgan fingerprint density at radius 1 is 1.11 bits per heavy atom. The van der Waals surface area contributed by atoms with Gasteiger partial charge in [0.1, 0.15) is 11.3 Å². The molecule has 2 aromatic carbocycles. The van der Waals surface area contributed by atoms with E-state index in [-0.39, 0.29) is 29.8 Å². The minimum Gasteiger partial charge on any atom is -0.393 e. The first-order valence-corrected chi connectivity index (χ1v) is 12.2. The van der Waals surface area contributed by atoms with Crippen molar-refractivity contribution in [1.82, 2.24) is 9.55 Å². The van der Waals surface area contributed by atoms with Gasteiger partial charge in [-0.15, -0.1) is 4.91 Å². The second kappa shape index (κ2) is 10.5. The number of carbonyl (C=O) groups excluding carboxylic acids is 1. The van der Waals surface area contributed by atoms with Crippen molar-refractivity contribution in [2.24, 2.45) is 11.1 Å². The van der Waals surface area contributed by atoms with Crippen LogP contribution < -0.4 is 5.56 Å². The molecule has 1 amide bonds. The summed E-state index contributed by atoms with van der Waals surface area (Å²) in [7, 11) is 0. The summed E-state index contributed by atoms with van der Waals surface area (Å²) in [5.74, 6) is -1.16. The minimum absolute atomic E-state index is 0.0175. The van der Waals surface area contributed by atoms with E-state index >= 15 is 0 Å². The first-order valence-electron chi connectivity index (χ1n) is 12.2. The molecule has 8 heteroatoms. The van der Waals surface area contributed by atoms with Gasteiger partial charge in [-0.25, -0.2) is 4.39 Å². The number of nitrogens with zero attached hydrogens (tertiary/aromatic N) is 2. The van der Waals surface area contributed by atoms with Crippen LogP contribution >= 0.6 is 0 Å². The van der Waals surface area contributed by atoms with Crippen LogP contribution in [0, 0.1) is 16.6 Å². The van der Waals surface area contributed by atoms with Crippen LogP contribution in [-0.2, 0) is 11.2 Å². The third-order valence-electron chi connectivity index (χ3n) is 6.68. The molecule has 0 aliphatic rings. The van der Waals surface area contributed by atoms with Crippen molar-refractivity contribution >= 4 is 27.7 Å². The number of rotatable bonds is 9. The summed E-state index contributed by atoms with van der Waals surface area (Å²) >= 11 is 0. The second-order valence-corrected chi connectivity index (χ2v) is 9.74. The molecular weight excluding hydrogens is 461 g/mol. The molecule has 188 valence electrons. The lowest BCUT2D eigenvalue weighted by atomic mass is 9.93. The molecule has 0 fully saturated rings. The number of amides is 1. The predicted molar refractivity (Wildman–Crippen MR) is 139 cm³/mol.